The molecule has 1 atom stereocenters. The normalized spacial score (nSPS) is 11.9. The molecule has 27 heavy (non-hydrogen) atoms. The number of non-ortho nitro benzene ring substituents is 1. The van der Waals surface area contributed by atoms with Gasteiger partial charge >= 0.3 is 0 Å². The molecule has 0 fully saturated rings. The van der Waals surface area contributed by atoms with Crippen molar-refractivity contribution in [2.45, 2.75) is 24.4 Å². The van der Waals surface area contributed by atoms with Gasteiger partial charge in [0, 0.05) is 23.6 Å². The first-order valence-electron chi connectivity index (χ1n) is 8.32. The van der Waals surface area contributed by atoms with Crippen LogP contribution in [0.2, 0.25) is 0 Å². The lowest BCUT2D eigenvalue weighted by Gasteiger charge is -2.24. The summed E-state index contributed by atoms with van der Waals surface area (Å²) in [6, 6.07) is 11.8. The third-order valence-electron chi connectivity index (χ3n) is 4.28. The van der Waals surface area contributed by atoms with Crippen molar-refractivity contribution in [1.29, 1.82) is 0 Å². The Morgan fingerprint density at radius 1 is 1.30 bits per heavy atom. The van der Waals surface area contributed by atoms with Crippen LogP contribution in [0.25, 0.3) is 0 Å². The summed E-state index contributed by atoms with van der Waals surface area (Å²) in [4.78, 5) is 26.2. The van der Waals surface area contributed by atoms with Crippen molar-refractivity contribution in [3.8, 4) is 5.75 Å². The van der Waals surface area contributed by atoms with Crippen LogP contribution in [-0.2, 0) is 11.3 Å². The second kappa shape index (κ2) is 9.38. The van der Waals surface area contributed by atoms with Gasteiger partial charge in [0.25, 0.3) is 5.69 Å². The number of nitrogens with one attached hydrogen (secondary N) is 1. The number of benzene rings is 2. The van der Waals surface area contributed by atoms with Crippen LogP contribution in [0.3, 0.4) is 0 Å². The van der Waals surface area contributed by atoms with E-state index in [0.29, 0.717) is 12.3 Å². The maximum atomic E-state index is 12.6. The molecule has 0 unspecified atom stereocenters. The van der Waals surface area contributed by atoms with Crippen molar-refractivity contribution >= 4 is 29.0 Å². The molecule has 0 radical (unpaired) electrons. The van der Waals surface area contributed by atoms with Crippen molar-refractivity contribution in [1.82, 2.24) is 4.90 Å². The summed E-state index contributed by atoms with van der Waals surface area (Å²) in [5, 5.41) is 13.7. The van der Waals surface area contributed by atoms with E-state index in [1.165, 1.54) is 30.2 Å². The van der Waals surface area contributed by atoms with Crippen LogP contribution in [0.15, 0.2) is 47.4 Å². The van der Waals surface area contributed by atoms with Crippen molar-refractivity contribution in [2.75, 3.05) is 25.7 Å². The number of methoxy groups -OCH3 is 1. The number of rotatable bonds is 8. The smallest absolute Gasteiger partial charge is 0.271 e. The van der Waals surface area contributed by atoms with E-state index in [1.807, 2.05) is 42.5 Å². The van der Waals surface area contributed by atoms with E-state index in [9.17, 15) is 14.9 Å². The largest absolute Gasteiger partial charge is 0.495 e. The number of hydrogen-bond donors (Lipinski definition) is 1. The predicted molar refractivity (Wildman–Crippen MR) is 107 cm³/mol. The zero-order chi connectivity index (χ0) is 20.0. The van der Waals surface area contributed by atoms with Crippen LogP contribution in [0.4, 0.5) is 11.4 Å². The number of amides is 1. The Bertz CT molecular complexity index is 811. The Morgan fingerprint density at radius 2 is 1.96 bits per heavy atom. The molecule has 2 aromatic rings. The second-order valence-electron chi connectivity index (χ2n) is 6.07. The fourth-order valence-corrected chi connectivity index (χ4v) is 2.91. The zero-order valence-corrected chi connectivity index (χ0v) is 16.6. The topological polar surface area (TPSA) is 84.7 Å². The van der Waals surface area contributed by atoms with E-state index < -0.39 is 11.0 Å². The molecule has 144 valence electrons. The highest BCUT2D eigenvalue weighted by molar-refractivity contribution is 7.98. The molecule has 2 aromatic carbocycles. The molecule has 0 heterocycles. The molecule has 1 amide bonds. The molecule has 0 aliphatic rings. The fraction of sp³-hybridized carbons (Fsp3) is 0.316. The Hall–Kier alpha value is -2.58. The Kier molecular flexibility index (Phi) is 7.20. The molecule has 0 bridgehead atoms. The number of thioether (sulfide) groups is 1. The standard InChI is InChI=1S/C19H23N3O4S/c1-13(21(2)12-14-5-8-16(27-4)9-6-14)19(23)20-17-11-15(22(24)25)7-10-18(17)26-3/h5-11,13H,12H2,1-4H3,(H,20,23)/t13-/m0/s1. The summed E-state index contributed by atoms with van der Waals surface area (Å²) in [6.45, 7) is 2.39. The second-order valence-corrected chi connectivity index (χ2v) is 6.95. The molecule has 0 aliphatic heterocycles. The molecule has 2 rings (SSSR count). The monoisotopic (exact) mass is 389 g/mol. The van der Waals surface area contributed by atoms with Crippen LogP contribution in [-0.4, -0.2) is 42.2 Å². The number of nitro benzene ring substituents is 1. The summed E-state index contributed by atoms with van der Waals surface area (Å²) in [7, 11) is 3.31. The number of ether oxygens (including phenoxy) is 1. The van der Waals surface area contributed by atoms with Crippen molar-refractivity contribution in [2.24, 2.45) is 0 Å². The van der Waals surface area contributed by atoms with Crippen LogP contribution in [0.5, 0.6) is 5.75 Å². The average Bonchev–Trinajstić information content (AvgIpc) is 2.67. The summed E-state index contributed by atoms with van der Waals surface area (Å²) < 4.78 is 5.19. The molecule has 7 nitrogen and oxygen atoms in total. The third kappa shape index (κ3) is 5.45. The maximum absolute atomic E-state index is 12.6. The van der Waals surface area contributed by atoms with Gasteiger partial charge in [-0.1, -0.05) is 12.1 Å². The van der Waals surface area contributed by atoms with Crippen molar-refractivity contribution in [3.05, 3.63) is 58.1 Å². The molecule has 0 spiro atoms. The van der Waals surface area contributed by atoms with Crippen LogP contribution in [0.1, 0.15) is 12.5 Å². The maximum Gasteiger partial charge on any atom is 0.271 e. The van der Waals surface area contributed by atoms with Gasteiger partial charge in [-0.2, -0.15) is 0 Å². The summed E-state index contributed by atoms with van der Waals surface area (Å²) >= 11 is 1.68. The van der Waals surface area contributed by atoms with Crippen molar-refractivity contribution < 1.29 is 14.5 Å². The molecule has 0 saturated heterocycles. The number of carbonyl (C=O) groups excluding carboxylic acids is 1. The molecule has 1 N–H and O–H groups in total. The van der Waals surface area contributed by atoms with Gasteiger partial charge in [0.05, 0.1) is 23.8 Å². The minimum atomic E-state index is -0.511. The number of hydrogen-bond acceptors (Lipinski definition) is 6. The molecular formula is C19H23N3O4S. The van der Waals surface area contributed by atoms with Gasteiger partial charge < -0.3 is 10.1 Å². The van der Waals surface area contributed by atoms with E-state index >= 15 is 0 Å². The van der Waals surface area contributed by atoms with Gasteiger partial charge in [-0.05, 0) is 44.0 Å². The lowest BCUT2D eigenvalue weighted by atomic mass is 10.2. The summed E-state index contributed by atoms with van der Waals surface area (Å²) in [5.41, 5.74) is 1.27. The summed E-state index contributed by atoms with van der Waals surface area (Å²) in [5.74, 6) is 0.105. The molecule has 0 saturated carbocycles. The Morgan fingerprint density at radius 3 is 2.52 bits per heavy atom. The average molecular weight is 389 g/mol. The zero-order valence-electron chi connectivity index (χ0n) is 15.8. The SMILES string of the molecule is COc1ccc([N+](=O)[O-])cc1NC(=O)[C@H](C)N(C)Cc1ccc(SC)cc1. The quantitative estimate of drug-likeness (QED) is 0.420. The molecular weight excluding hydrogens is 366 g/mol. The molecule has 0 aromatic heterocycles. The van der Waals surface area contributed by atoms with Gasteiger partial charge in [0.1, 0.15) is 5.75 Å². The van der Waals surface area contributed by atoms with E-state index in [4.69, 9.17) is 4.74 Å². The van der Waals surface area contributed by atoms with E-state index in [0.717, 1.165) is 5.56 Å². The number of likely N-dealkylation sites (N-methyl/N-ethyl adjacent to an activating group) is 1. The highest BCUT2D eigenvalue weighted by atomic mass is 32.2. The number of nitro groups is 1. The minimum absolute atomic E-state index is 0.110. The first kappa shape index (κ1) is 20.7. The highest BCUT2D eigenvalue weighted by Gasteiger charge is 2.21. The lowest BCUT2D eigenvalue weighted by Crippen LogP contribution is -2.39. The van der Waals surface area contributed by atoms with Gasteiger partial charge in [-0.25, -0.2) is 0 Å². The van der Waals surface area contributed by atoms with E-state index in [-0.39, 0.29) is 17.3 Å². The minimum Gasteiger partial charge on any atom is -0.495 e. The first-order valence-corrected chi connectivity index (χ1v) is 9.54. The number of carbonyl (C=O) groups is 1. The van der Waals surface area contributed by atoms with Gasteiger partial charge in [-0.3, -0.25) is 19.8 Å². The van der Waals surface area contributed by atoms with Crippen molar-refractivity contribution in [3.63, 3.8) is 0 Å². The Labute approximate surface area is 162 Å². The van der Waals surface area contributed by atoms with Gasteiger partial charge in [0.15, 0.2) is 0 Å². The van der Waals surface area contributed by atoms with E-state index in [2.05, 4.69) is 5.32 Å². The van der Waals surface area contributed by atoms with Crippen LogP contribution < -0.4 is 10.1 Å². The van der Waals surface area contributed by atoms with Gasteiger partial charge in [0.2, 0.25) is 5.91 Å². The molecule has 0 aliphatic carbocycles. The fourth-order valence-electron chi connectivity index (χ4n) is 2.50. The third-order valence-corrected chi connectivity index (χ3v) is 5.03. The highest BCUT2D eigenvalue weighted by Crippen LogP contribution is 2.29. The lowest BCUT2D eigenvalue weighted by molar-refractivity contribution is -0.384. The van der Waals surface area contributed by atoms with Crippen LogP contribution >= 0.6 is 11.8 Å². The van der Waals surface area contributed by atoms with E-state index in [1.54, 1.807) is 18.7 Å². The predicted octanol–water partition coefficient (Wildman–Crippen LogP) is 3.78. The first-order chi connectivity index (χ1) is 12.8. The summed E-state index contributed by atoms with van der Waals surface area (Å²) in [6.07, 6.45) is 2.02. The number of nitrogens with zero attached hydrogens (tertiary/aromatic N) is 2. The Balaban J connectivity index is 2.07. The van der Waals surface area contributed by atoms with Gasteiger partial charge in [-0.15, -0.1) is 11.8 Å². The van der Waals surface area contributed by atoms with Crippen LogP contribution in [0, 0.1) is 10.1 Å². The molecule has 8 heteroatoms. The number of anilines is 1.